The minimum Gasteiger partial charge on any atom is -0.487 e. The second kappa shape index (κ2) is 7.55. The number of rotatable bonds is 5. The quantitative estimate of drug-likeness (QED) is 0.543. The molecule has 0 aliphatic rings. The molecule has 4 rings (SSSR count). The smallest absolute Gasteiger partial charge is 0.255 e. The first kappa shape index (κ1) is 17.2. The van der Waals surface area contributed by atoms with Gasteiger partial charge in [0.05, 0.1) is 21.9 Å². The standard InChI is InChI=1S/C21H17N3O2S/c1-14-23-17(13-27-14)12-26-18-8-2-6-16(11-18)21(25)24-19-9-3-5-15-7-4-10-22-20(15)19/h2-11,13H,12H2,1H3,(H,24,25). The number of amides is 1. The van der Waals surface area contributed by atoms with Crippen LogP contribution >= 0.6 is 11.3 Å². The Balaban J connectivity index is 1.50. The summed E-state index contributed by atoms with van der Waals surface area (Å²) in [7, 11) is 0. The molecule has 0 spiro atoms. The molecule has 0 saturated carbocycles. The lowest BCUT2D eigenvalue weighted by molar-refractivity contribution is 0.102. The summed E-state index contributed by atoms with van der Waals surface area (Å²) in [6, 6.07) is 16.7. The molecule has 2 heterocycles. The lowest BCUT2D eigenvalue weighted by atomic mass is 10.1. The number of ether oxygens (including phenoxy) is 1. The number of carbonyl (C=O) groups is 1. The van der Waals surface area contributed by atoms with Gasteiger partial charge in [-0.05, 0) is 37.3 Å². The predicted octanol–water partition coefficient (Wildman–Crippen LogP) is 4.83. The van der Waals surface area contributed by atoms with E-state index in [9.17, 15) is 4.79 Å². The molecule has 2 aromatic heterocycles. The molecule has 27 heavy (non-hydrogen) atoms. The first-order valence-corrected chi connectivity index (χ1v) is 9.36. The molecule has 0 aliphatic carbocycles. The Labute approximate surface area is 160 Å². The maximum Gasteiger partial charge on any atom is 0.255 e. The Kier molecular flexibility index (Phi) is 4.80. The molecule has 0 radical (unpaired) electrons. The van der Waals surface area contributed by atoms with Gasteiger partial charge in [-0.2, -0.15) is 0 Å². The minimum absolute atomic E-state index is 0.205. The van der Waals surface area contributed by atoms with Crippen LogP contribution in [0.5, 0.6) is 5.75 Å². The molecular formula is C21H17N3O2S. The number of hydrogen-bond acceptors (Lipinski definition) is 5. The van der Waals surface area contributed by atoms with E-state index in [0.29, 0.717) is 23.6 Å². The van der Waals surface area contributed by atoms with Crippen molar-refractivity contribution in [2.75, 3.05) is 5.32 Å². The summed E-state index contributed by atoms with van der Waals surface area (Å²) in [6.07, 6.45) is 1.71. The molecule has 2 aromatic carbocycles. The number of nitrogens with zero attached hydrogens (tertiary/aromatic N) is 2. The molecule has 0 atom stereocenters. The summed E-state index contributed by atoms with van der Waals surface area (Å²) < 4.78 is 5.77. The van der Waals surface area contributed by atoms with Crippen molar-refractivity contribution in [3.63, 3.8) is 0 Å². The van der Waals surface area contributed by atoms with Gasteiger partial charge in [-0.1, -0.05) is 24.3 Å². The number of nitrogens with one attached hydrogen (secondary N) is 1. The normalized spacial score (nSPS) is 10.7. The number of aryl methyl sites for hydroxylation is 1. The number of aromatic nitrogens is 2. The van der Waals surface area contributed by atoms with Gasteiger partial charge in [0.15, 0.2) is 0 Å². The van der Waals surface area contributed by atoms with Crippen molar-refractivity contribution in [3.05, 3.63) is 82.4 Å². The third-order valence-corrected chi connectivity index (χ3v) is 4.85. The fraction of sp³-hybridized carbons (Fsp3) is 0.0952. The maximum atomic E-state index is 12.7. The number of hydrogen-bond donors (Lipinski definition) is 1. The van der Waals surface area contributed by atoms with Gasteiger partial charge in [0.1, 0.15) is 12.4 Å². The van der Waals surface area contributed by atoms with Gasteiger partial charge in [-0.15, -0.1) is 11.3 Å². The molecule has 1 amide bonds. The van der Waals surface area contributed by atoms with Gasteiger partial charge < -0.3 is 10.1 Å². The fourth-order valence-electron chi connectivity index (χ4n) is 2.76. The third kappa shape index (κ3) is 3.96. The molecule has 0 aliphatic heterocycles. The first-order chi connectivity index (χ1) is 13.2. The highest BCUT2D eigenvalue weighted by molar-refractivity contribution is 7.09. The third-order valence-electron chi connectivity index (χ3n) is 4.03. The van der Waals surface area contributed by atoms with Crippen molar-refractivity contribution in [1.29, 1.82) is 0 Å². The van der Waals surface area contributed by atoms with Crippen molar-refractivity contribution in [1.82, 2.24) is 9.97 Å². The van der Waals surface area contributed by atoms with Crippen LogP contribution in [-0.2, 0) is 6.61 Å². The summed E-state index contributed by atoms with van der Waals surface area (Å²) in [6.45, 7) is 2.34. The second-order valence-corrected chi connectivity index (χ2v) is 7.07. The van der Waals surface area contributed by atoms with Crippen molar-refractivity contribution >= 4 is 33.8 Å². The van der Waals surface area contributed by atoms with E-state index in [1.165, 1.54) is 0 Å². The number of thiazole rings is 1. The van der Waals surface area contributed by atoms with E-state index in [1.54, 1.807) is 35.7 Å². The van der Waals surface area contributed by atoms with E-state index in [-0.39, 0.29) is 5.91 Å². The Morgan fingerprint density at radius 1 is 1.15 bits per heavy atom. The maximum absolute atomic E-state index is 12.7. The summed E-state index contributed by atoms with van der Waals surface area (Å²) in [5.41, 5.74) is 2.85. The molecule has 1 N–H and O–H groups in total. The lowest BCUT2D eigenvalue weighted by Crippen LogP contribution is -2.12. The zero-order chi connectivity index (χ0) is 18.6. The molecular weight excluding hydrogens is 358 g/mol. The average Bonchev–Trinajstić information content (AvgIpc) is 3.12. The zero-order valence-corrected chi connectivity index (χ0v) is 15.5. The van der Waals surface area contributed by atoms with Crippen LogP contribution in [0.2, 0.25) is 0 Å². The van der Waals surface area contributed by atoms with Crippen LogP contribution in [0.25, 0.3) is 10.9 Å². The van der Waals surface area contributed by atoms with Gasteiger partial charge in [-0.25, -0.2) is 4.98 Å². The Bertz CT molecular complexity index is 1100. The molecule has 0 unspecified atom stereocenters. The van der Waals surface area contributed by atoms with Crippen molar-refractivity contribution in [3.8, 4) is 5.75 Å². The fourth-order valence-corrected chi connectivity index (χ4v) is 3.36. The molecule has 6 heteroatoms. The van der Waals surface area contributed by atoms with Crippen LogP contribution in [0, 0.1) is 6.92 Å². The van der Waals surface area contributed by atoms with Gasteiger partial charge >= 0.3 is 0 Å². The largest absolute Gasteiger partial charge is 0.487 e. The van der Waals surface area contributed by atoms with Gasteiger partial charge in [0.2, 0.25) is 0 Å². The summed E-state index contributed by atoms with van der Waals surface area (Å²) in [5.74, 6) is 0.424. The minimum atomic E-state index is -0.205. The highest BCUT2D eigenvalue weighted by Gasteiger charge is 2.10. The van der Waals surface area contributed by atoms with Crippen LogP contribution in [-0.4, -0.2) is 15.9 Å². The highest BCUT2D eigenvalue weighted by Crippen LogP contribution is 2.22. The lowest BCUT2D eigenvalue weighted by Gasteiger charge is -2.09. The number of benzene rings is 2. The zero-order valence-electron chi connectivity index (χ0n) is 14.7. The number of fused-ring (bicyclic) bond motifs is 1. The van der Waals surface area contributed by atoms with Crippen LogP contribution in [0.4, 0.5) is 5.69 Å². The predicted molar refractivity (Wildman–Crippen MR) is 107 cm³/mol. The molecule has 0 saturated heterocycles. The van der Waals surface area contributed by atoms with E-state index >= 15 is 0 Å². The molecule has 134 valence electrons. The highest BCUT2D eigenvalue weighted by atomic mass is 32.1. The Hall–Kier alpha value is -3.25. The molecule has 0 fully saturated rings. The van der Waals surface area contributed by atoms with Crippen LogP contribution in [0.15, 0.2) is 66.2 Å². The SMILES string of the molecule is Cc1nc(COc2cccc(C(=O)Nc3cccc4cccnc34)c2)cs1. The van der Waals surface area contributed by atoms with Crippen LogP contribution in [0.1, 0.15) is 21.1 Å². The average molecular weight is 375 g/mol. The number of anilines is 1. The number of pyridine rings is 1. The van der Waals surface area contributed by atoms with E-state index in [1.807, 2.05) is 48.7 Å². The topological polar surface area (TPSA) is 64.1 Å². The monoisotopic (exact) mass is 375 g/mol. The molecule has 4 aromatic rings. The van der Waals surface area contributed by atoms with Crippen LogP contribution < -0.4 is 10.1 Å². The molecule has 0 bridgehead atoms. The van der Waals surface area contributed by atoms with Crippen LogP contribution in [0.3, 0.4) is 0 Å². The summed E-state index contributed by atoms with van der Waals surface area (Å²) in [5, 5.41) is 6.89. The Morgan fingerprint density at radius 3 is 2.85 bits per heavy atom. The van der Waals surface area contributed by atoms with Gasteiger partial charge in [0.25, 0.3) is 5.91 Å². The number of carbonyl (C=O) groups excluding carboxylic acids is 1. The van der Waals surface area contributed by atoms with Crippen molar-refractivity contribution in [2.24, 2.45) is 0 Å². The van der Waals surface area contributed by atoms with E-state index in [2.05, 4.69) is 15.3 Å². The molecule has 5 nitrogen and oxygen atoms in total. The Morgan fingerprint density at radius 2 is 2.00 bits per heavy atom. The summed E-state index contributed by atoms with van der Waals surface area (Å²) in [4.78, 5) is 21.4. The van der Waals surface area contributed by atoms with E-state index < -0.39 is 0 Å². The van der Waals surface area contributed by atoms with E-state index in [0.717, 1.165) is 21.6 Å². The second-order valence-electron chi connectivity index (χ2n) is 6.01. The van der Waals surface area contributed by atoms with Crippen molar-refractivity contribution in [2.45, 2.75) is 13.5 Å². The number of para-hydroxylation sites is 1. The van der Waals surface area contributed by atoms with Gasteiger partial charge in [0, 0.05) is 22.5 Å². The summed E-state index contributed by atoms with van der Waals surface area (Å²) >= 11 is 1.59. The van der Waals surface area contributed by atoms with Crippen molar-refractivity contribution < 1.29 is 9.53 Å². The van der Waals surface area contributed by atoms with E-state index in [4.69, 9.17) is 4.74 Å². The first-order valence-electron chi connectivity index (χ1n) is 8.48. The van der Waals surface area contributed by atoms with Gasteiger partial charge in [-0.3, -0.25) is 9.78 Å².